The number of rotatable bonds is 5. The monoisotopic (exact) mass is 309 g/mol. The third kappa shape index (κ3) is 3.39. The predicted octanol–water partition coefficient (Wildman–Crippen LogP) is 2.71. The van der Waals surface area contributed by atoms with E-state index in [9.17, 15) is 9.18 Å². The molecule has 0 aliphatic heterocycles. The van der Waals surface area contributed by atoms with Crippen LogP contribution in [0.1, 0.15) is 40.8 Å². The number of halogens is 2. The van der Waals surface area contributed by atoms with Crippen LogP contribution in [-0.4, -0.2) is 22.6 Å². The van der Waals surface area contributed by atoms with Gasteiger partial charge in [-0.1, -0.05) is 16.8 Å². The van der Waals surface area contributed by atoms with Crippen LogP contribution in [0, 0.1) is 5.82 Å². The van der Waals surface area contributed by atoms with Crippen LogP contribution in [-0.2, 0) is 6.42 Å². The van der Waals surface area contributed by atoms with Gasteiger partial charge in [0.2, 0.25) is 5.89 Å². The molecule has 21 heavy (non-hydrogen) atoms. The highest BCUT2D eigenvalue weighted by Crippen LogP contribution is 2.38. The molecule has 0 radical (unpaired) electrons. The van der Waals surface area contributed by atoms with E-state index >= 15 is 0 Å². The van der Waals surface area contributed by atoms with Crippen LogP contribution in [0.3, 0.4) is 0 Å². The molecule has 1 amide bonds. The Bertz CT molecular complexity index is 670. The fourth-order valence-electron chi connectivity index (χ4n) is 1.93. The van der Waals surface area contributed by atoms with E-state index in [1.165, 1.54) is 12.1 Å². The molecule has 0 bridgehead atoms. The molecule has 0 spiro atoms. The van der Waals surface area contributed by atoms with Crippen molar-refractivity contribution in [3.05, 3.63) is 46.3 Å². The molecule has 5 nitrogen and oxygen atoms in total. The fraction of sp³-hybridized carbons (Fsp3) is 0.357. The summed E-state index contributed by atoms with van der Waals surface area (Å²) in [6.07, 6.45) is 2.61. The van der Waals surface area contributed by atoms with E-state index in [1.807, 2.05) is 0 Å². The minimum atomic E-state index is -0.606. The molecule has 110 valence electrons. The van der Waals surface area contributed by atoms with Gasteiger partial charge in [0, 0.05) is 23.9 Å². The molecule has 1 fully saturated rings. The minimum absolute atomic E-state index is 0.0771. The van der Waals surface area contributed by atoms with Gasteiger partial charge in [0.1, 0.15) is 5.82 Å². The van der Waals surface area contributed by atoms with Gasteiger partial charge < -0.3 is 9.84 Å². The van der Waals surface area contributed by atoms with Crippen LogP contribution >= 0.6 is 11.6 Å². The van der Waals surface area contributed by atoms with Gasteiger partial charge in [0.05, 0.1) is 5.56 Å². The first-order chi connectivity index (χ1) is 10.1. The third-order valence-corrected chi connectivity index (χ3v) is 3.46. The number of carbonyl (C=O) groups excluding carboxylic acids is 1. The first kappa shape index (κ1) is 14.0. The number of benzene rings is 1. The molecule has 0 unspecified atom stereocenters. The molecule has 3 rings (SSSR count). The Kier molecular flexibility index (Phi) is 3.88. The van der Waals surface area contributed by atoms with E-state index in [1.54, 1.807) is 0 Å². The zero-order chi connectivity index (χ0) is 14.8. The van der Waals surface area contributed by atoms with Crippen LogP contribution in [0.25, 0.3) is 0 Å². The van der Waals surface area contributed by atoms with Gasteiger partial charge in [-0.05, 0) is 31.0 Å². The highest BCUT2D eigenvalue weighted by Gasteiger charge is 2.28. The van der Waals surface area contributed by atoms with Crippen molar-refractivity contribution >= 4 is 17.5 Å². The van der Waals surface area contributed by atoms with E-state index < -0.39 is 11.7 Å². The second kappa shape index (κ2) is 5.81. The van der Waals surface area contributed by atoms with Crippen LogP contribution in [0.15, 0.2) is 22.7 Å². The summed E-state index contributed by atoms with van der Waals surface area (Å²) in [5, 5.41) is 6.80. The van der Waals surface area contributed by atoms with Crippen molar-refractivity contribution in [1.29, 1.82) is 0 Å². The number of nitrogens with one attached hydrogen (secondary N) is 1. The maximum absolute atomic E-state index is 13.5. The van der Waals surface area contributed by atoms with Crippen LogP contribution in [0.5, 0.6) is 0 Å². The highest BCUT2D eigenvalue weighted by molar-refractivity contribution is 6.30. The van der Waals surface area contributed by atoms with E-state index in [-0.39, 0.29) is 12.1 Å². The zero-order valence-electron chi connectivity index (χ0n) is 11.1. The normalized spacial score (nSPS) is 14.2. The van der Waals surface area contributed by atoms with E-state index in [4.69, 9.17) is 16.1 Å². The van der Waals surface area contributed by atoms with Crippen molar-refractivity contribution in [3.8, 4) is 0 Å². The topological polar surface area (TPSA) is 68.0 Å². The fourth-order valence-corrected chi connectivity index (χ4v) is 2.10. The number of carbonyl (C=O) groups is 1. The van der Waals surface area contributed by atoms with Gasteiger partial charge in [-0.25, -0.2) is 4.39 Å². The average Bonchev–Trinajstić information content (AvgIpc) is 3.21. The summed E-state index contributed by atoms with van der Waals surface area (Å²) in [5.41, 5.74) is -0.0771. The van der Waals surface area contributed by atoms with Crippen LogP contribution in [0.4, 0.5) is 4.39 Å². The predicted molar refractivity (Wildman–Crippen MR) is 73.7 cm³/mol. The zero-order valence-corrected chi connectivity index (χ0v) is 11.9. The smallest absolute Gasteiger partial charge is 0.254 e. The van der Waals surface area contributed by atoms with Crippen molar-refractivity contribution in [2.45, 2.75) is 25.2 Å². The van der Waals surface area contributed by atoms with Crippen LogP contribution in [0.2, 0.25) is 5.02 Å². The Balaban J connectivity index is 1.54. The molecule has 1 saturated carbocycles. The van der Waals surface area contributed by atoms with Gasteiger partial charge in [-0.15, -0.1) is 0 Å². The van der Waals surface area contributed by atoms with Gasteiger partial charge >= 0.3 is 0 Å². The Morgan fingerprint density at radius 3 is 3.05 bits per heavy atom. The maximum atomic E-state index is 13.5. The number of hydrogen-bond acceptors (Lipinski definition) is 4. The van der Waals surface area contributed by atoms with Gasteiger partial charge in [0.25, 0.3) is 5.91 Å². The molecular formula is C14H13ClFN3O2. The van der Waals surface area contributed by atoms with E-state index in [2.05, 4.69) is 15.5 Å². The first-order valence-electron chi connectivity index (χ1n) is 6.69. The molecule has 0 atom stereocenters. The summed E-state index contributed by atoms with van der Waals surface area (Å²) in [6, 6.07) is 3.85. The molecule has 2 aromatic rings. The largest absolute Gasteiger partial charge is 0.351 e. The van der Waals surface area contributed by atoms with Gasteiger partial charge in [-0.2, -0.15) is 4.98 Å². The lowest BCUT2D eigenvalue weighted by molar-refractivity contribution is 0.0949. The quantitative estimate of drug-likeness (QED) is 0.922. The Morgan fingerprint density at radius 2 is 2.29 bits per heavy atom. The van der Waals surface area contributed by atoms with Crippen molar-refractivity contribution < 1.29 is 13.7 Å². The van der Waals surface area contributed by atoms with E-state index in [0.717, 1.165) is 24.7 Å². The molecule has 1 aromatic carbocycles. The maximum Gasteiger partial charge on any atom is 0.254 e. The summed E-state index contributed by atoms with van der Waals surface area (Å²) in [4.78, 5) is 16.1. The van der Waals surface area contributed by atoms with E-state index in [0.29, 0.717) is 23.3 Å². The first-order valence-corrected chi connectivity index (χ1v) is 7.07. The molecule has 1 aliphatic rings. The van der Waals surface area contributed by atoms with Gasteiger partial charge in [0.15, 0.2) is 5.82 Å². The summed E-state index contributed by atoms with van der Waals surface area (Å²) in [5.74, 6) is 0.515. The lowest BCUT2D eigenvalue weighted by atomic mass is 10.2. The molecule has 0 saturated heterocycles. The SMILES string of the molecule is O=C(NCCc1nc(C2CC2)no1)c1cc(Cl)ccc1F. The Hall–Kier alpha value is -1.95. The highest BCUT2D eigenvalue weighted by atomic mass is 35.5. The summed E-state index contributed by atoms with van der Waals surface area (Å²) >= 11 is 5.75. The molecular weight excluding hydrogens is 297 g/mol. The Labute approximate surface area is 125 Å². The summed E-state index contributed by atoms with van der Waals surface area (Å²) in [6.45, 7) is 0.289. The standard InChI is InChI=1S/C14H13ClFN3O2/c15-9-3-4-11(16)10(7-9)14(20)17-6-5-12-18-13(19-21-12)8-1-2-8/h3-4,7-8H,1-2,5-6H2,(H,17,20). The number of nitrogens with zero attached hydrogens (tertiary/aromatic N) is 2. The van der Waals surface area contributed by atoms with Crippen molar-refractivity contribution in [1.82, 2.24) is 15.5 Å². The summed E-state index contributed by atoms with van der Waals surface area (Å²) < 4.78 is 18.6. The van der Waals surface area contributed by atoms with Crippen LogP contribution < -0.4 is 5.32 Å². The lowest BCUT2D eigenvalue weighted by Crippen LogP contribution is -2.26. The Morgan fingerprint density at radius 1 is 1.48 bits per heavy atom. The van der Waals surface area contributed by atoms with Crippen molar-refractivity contribution in [2.75, 3.05) is 6.54 Å². The number of aromatic nitrogens is 2. The van der Waals surface area contributed by atoms with Crippen molar-refractivity contribution in [3.63, 3.8) is 0 Å². The summed E-state index contributed by atoms with van der Waals surface area (Å²) in [7, 11) is 0. The number of hydrogen-bond donors (Lipinski definition) is 1. The molecule has 7 heteroatoms. The van der Waals surface area contributed by atoms with Gasteiger partial charge in [-0.3, -0.25) is 4.79 Å². The second-order valence-corrected chi connectivity index (χ2v) is 5.39. The second-order valence-electron chi connectivity index (χ2n) is 4.95. The molecule has 1 aliphatic carbocycles. The molecule has 1 N–H and O–H groups in total. The third-order valence-electron chi connectivity index (χ3n) is 3.22. The average molecular weight is 310 g/mol. The number of amides is 1. The minimum Gasteiger partial charge on any atom is -0.351 e. The molecule has 1 heterocycles. The lowest BCUT2D eigenvalue weighted by Gasteiger charge is -2.05. The van der Waals surface area contributed by atoms with Crippen molar-refractivity contribution in [2.24, 2.45) is 0 Å². The molecule has 1 aromatic heterocycles.